The van der Waals surface area contributed by atoms with E-state index in [-0.39, 0.29) is 11.7 Å². The number of urea groups is 1. The molecule has 7 nitrogen and oxygen atoms in total. The molecule has 0 atom stereocenters. The molecule has 0 aliphatic carbocycles. The van der Waals surface area contributed by atoms with E-state index in [4.69, 9.17) is 0 Å². The molecule has 0 saturated carbocycles. The number of aromatic nitrogens is 1. The summed E-state index contributed by atoms with van der Waals surface area (Å²) in [5, 5.41) is 13.4. The van der Waals surface area contributed by atoms with Crippen LogP contribution in [0.5, 0.6) is 0 Å². The van der Waals surface area contributed by atoms with E-state index >= 15 is 0 Å². The van der Waals surface area contributed by atoms with Crippen LogP contribution < -0.4 is 5.32 Å². The molecule has 0 bridgehead atoms. The number of anilines is 1. The van der Waals surface area contributed by atoms with E-state index in [2.05, 4.69) is 10.3 Å². The normalized spacial score (nSPS) is 10.1. The molecule has 0 unspecified atom stereocenters. The van der Waals surface area contributed by atoms with Crippen molar-refractivity contribution >= 4 is 17.4 Å². The van der Waals surface area contributed by atoms with E-state index in [1.165, 1.54) is 23.1 Å². The van der Waals surface area contributed by atoms with Gasteiger partial charge in [-0.2, -0.15) is 0 Å². The van der Waals surface area contributed by atoms with E-state index in [1.807, 2.05) is 12.1 Å². The van der Waals surface area contributed by atoms with Gasteiger partial charge >= 0.3 is 6.03 Å². The number of non-ortho nitro benzene ring substituents is 1. The predicted molar refractivity (Wildman–Crippen MR) is 82.6 cm³/mol. The summed E-state index contributed by atoms with van der Waals surface area (Å²) in [4.78, 5) is 27.9. The zero-order chi connectivity index (χ0) is 16.1. The second-order valence-corrected chi connectivity index (χ2v) is 4.90. The van der Waals surface area contributed by atoms with E-state index in [1.54, 1.807) is 26.4 Å². The highest BCUT2D eigenvalue weighted by molar-refractivity contribution is 5.90. The molecule has 2 aromatic rings. The Kier molecular flexibility index (Phi) is 4.67. The van der Waals surface area contributed by atoms with Crippen molar-refractivity contribution < 1.29 is 9.72 Å². The van der Waals surface area contributed by atoms with Crippen molar-refractivity contribution in [2.75, 3.05) is 12.4 Å². The molecule has 0 aliphatic heterocycles. The summed E-state index contributed by atoms with van der Waals surface area (Å²) in [6, 6.07) is 7.72. The van der Waals surface area contributed by atoms with Crippen molar-refractivity contribution in [1.29, 1.82) is 0 Å². The van der Waals surface area contributed by atoms with Crippen LogP contribution in [0.2, 0.25) is 0 Å². The molecule has 2 amide bonds. The maximum atomic E-state index is 12.1. The number of nitrogens with one attached hydrogen (secondary N) is 1. The van der Waals surface area contributed by atoms with Crippen LogP contribution >= 0.6 is 0 Å². The van der Waals surface area contributed by atoms with Gasteiger partial charge in [0.1, 0.15) is 0 Å². The number of benzene rings is 1. The summed E-state index contributed by atoms with van der Waals surface area (Å²) in [6.45, 7) is 2.13. The van der Waals surface area contributed by atoms with Crippen LogP contribution in [0.15, 0.2) is 42.7 Å². The third-order valence-corrected chi connectivity index (χ3v) is 3.15. The van der Waals surface area contributed by atoms with E-state index in [0.717, 1.165) is 5.56 Å². The second kappa shape index (κ2) is 6.66. The van der Waals surface area contributed by atoms with Gasteiger partial charge in [-0.3, -0.25) is 15.1 Å². The monoisotopic (exact) mass is 300 g/mol. The Bertz CT molecular complexity index is 688. The summed E-state index contributed by atoms with van der Waals surface area (Å²) in [5.74, 6) is 0. The van der Waals surface area contributed by atoms with Crippen molar-refractivity contribution in [2.24, 2.45) is 0 Å². The van der Waals surface area contributed by atoms with Gasteiger partial charge in [-0.1, -0.05) is 6.07 Å². The number of nitro benzene ring substituents is 1. The van der Waals surface area contributed by atoms with Gasteiger partial charge in [0, 0.05) is 43.8 Å². The van der Waals surface area contributed by atoms with Gasteiger partial charge in [-0.25, -0.2) is 4.79 Å². The summed E-state index contributed by atoms with van der Waals surface area (Å²) in [5.41, 5.74) is 2.10. The molecule has 114 valence electrons. The highest BCUT2D eigenvalue weighted by Crippen LogP contribution is 2.21. The van der Waals surface area contributed by atoms with E-state index < -0.39 is 4.92 Å². The molecule has 22 heavy (non-hydrogen) atoms. The topological polar surface area (TPSA) is 88.4 Å². The van der Waals surface area contributed by atoms with Crippen LogP contribution in [0.25, 0.3) is 0 Å². The average Bonchev–Trinajstić information content (AvgIpc) is 2.50. The number of amides is 2. The van der Waals surface area contributed by atoms with Crippen LogP contribution in [-0.4, -0.2) is 27.9 Å². The van der Waals surface area contributed by atoms with Crippen molar-refractivity contribution in [3.63, 3.8) is 0 Å². The lowest BCUT2D eigenvalue weighted by molar-refractivity contribution is -0.384. The van der Waals surface area contributed by atoms with Crippen molar-refractivity contribution in [1.82, 2.24) is 9.88 Å². The molecule has 0 spiro atoms. The molecule has 2 rings (SSSR count). The summed E-state index contributed by atoms with van der Waals surface area (Å²) >= 11 is 0. The SMILES string of the molecule is Cc1cc([N+](=O)[O-])ccc1NC(=O)N(C)Cc1cccnc1. The van der Waals surface area contributed by atoms with Gasteiger partial charge < -0.3 is 10.2 Å². The number of nitro groups is 1. The van der Waals surface area contributed by atoms with Gasteiger partial charge in [0.2, 0.25) is 0 Å². The first kappa shape index (κ1) is 15.4. The van der Waals surface area contributed by atoms with Gasteiger partial charge in [0.25, 0.3) is 5.69 Å². The lowest BCUT2D eigenvalue weighted by Gasteiger charge is -2.18. The van der Waals surface area contributed by atoms with Crippen LogP contribution in [0.1, 0.15) is 11.1 Å². The third-order valence-electron chi connectivity index (χ3n) is 3.15. The predicted octanol–water partition coefficient (Wildman–Crippen LogP) is 2.96. The number of carbonyl (C=O) groups is 1. The van der Waals surface area contributed by atoms with Gasteiger partial charge in [-0.05, 0) is 30.2 Å². The zero-order valence-corrected chi connectivity index (χ0v) is 12.3. The largest absolute Gasteiger partial charge is 0.323 e. The Labute approximate surface area is 127 Å². The number of carbonyl (C=O) groups excluding carboxylic acids is 1. The highest BCUT2D eigenvalue weighted by Gasteiger charge is 2.13. The van der Waals surface area contributed by atoms with Crippen LogP contribution in [0.3, 0.4) is 0 Å². The van der Waals surface area contributed by atoms with Gasteiger partial charge in [0.05, 0.1) is 4.92 Å². The Morgan fingerprint density at radius 2 is 2.18 bits per heavy atom. The van der Waals surface area contributed by atoms with Crippen molar-refractivity contribution in [2.45, 2.75) is 13.5 Å². The first-order chi connectivity index (χ1) is 10.5. The fourth-order valence-electron chi connectivity index (χ4n) is 1.95. The molecule has 7 heteroatoms. The molecule has 1 aromatic heterocycles. The minimum Gasteiger partial charge on any atom is -0.323 e. The molecule has 0 fully saturated rings. The number of hydrogen-bond donors (Lipinski definition) is 1. The number of rotatable bonds is 4. The molecule has 0 saturated heterocycles. The first-order valence-corrected chi connectivity index (χ1v) is 6.63. The Morgan fingerprint density at radius 3 is 2.77 bits per heavy atom. The molecular formula is C15H16N4O3. The standard InChI is InChI=1S/C15H16N4O3/c1-11-8-13(19(21)22)5-6-14(11)17-15(20)18(2)10-12-4-3-7-16-9-12/h3-9H,10H2,1-2H3,(H,17,20). The number of pyridine rings is 1. The molecule has 0 aliphatic rings. The molecule has 1 aromatic carbocycles. The average molecular weight is 300 g/mol. The fraction of sp³-hybridized carbons (Fsp3) is 0.200. The quantitative estimate of drug-likeness (QED) is 0.694. The number of nitrogens with zero attached hydrogens (tertiary/aromatic N) is 3. The maximum Gasteiger partial charge on any atom is 0.321 e. The fourth-order valence-corrected chi connectivity index (χ4v) is 1.95. The summed E-state index contributed by atoms with van der Waals surface area (Å²) in [7, 11) is 1.67. The van der Waals surface area contributed by atoms with Crippen LogP contribution in [0, 0.1) is 17.0 Å². The second-order valence-electron chi connectivity index (χ2n) is 4.90. The summed E-state index contributed by atoms with van der Waals surface area (Å²) in [6.07, 6.45) is 3.37. The third kappa shape index (κ3) is 3.78. The number of hydrogen-bond acceptors (Lipinski definition) is 4. The molecule has 0 radical (unpaired) electrons. The lowest BCUT2D eigenvalue weighted by Crippen LogP contribution is -2.31. The Balaban J connectivity index is 2.04. The Hall–Kier alpha value is -2.96. The zero-order valence-electron chi connectivity index (χ0n) is 12.3. The minimum atomic E-state index is -0.465. The Morgan fingerprint density at radius 1 is 1.41 bits per heavy atom. The summed E-state index contributed by atoms with van der Waals surface area (Å²) < 4.78 is 0. The molecular weight excluding hydrogens is 284 g/mol. The van der Waals surface area contributed by atoms with Gasteiger partial charge in [0.15, 0.2) is 0 Å². The molecule has 1 heterocycles. The van der Waals surface area contributed by atoms with Crippen molar-refractivity contribution in [3.8, 4) is 0 Å². The van der Waals surface area contributed by atoms with Crippen molar-refractivity contribution in [3.05, 3.63) is 64.0 Å². The van der Waals surface area contributed by atoms with Crippen LogP contribution in [-0.2, 0) is 6.54 Å². The first-order valence-electron chi connectivity index (χ1n) is 6.63. The van der Waals surface area contributed by atoms with E-state index in [9.17, 15) is 14.9 Å². The van der Waals surface area contributed by atoms with E-state index in [0.29, 0.717) is 17.8 Å². The lowest BCUT2D eigenvalue weighted by atomic mass is 10.2. The maximum absolute atomic E-state index is 12.1. The van der Waals surface area contributed by atoms with Gasteiger partial charge in [-0.15, -0.1) is 0 Å². The highest BCUT2D eigenvalue weighted by atomic mass is 16.6. The number of aryl methyl sites for hydroxylation is 1. The molecule has 1 N–H and O–H groups in total. The smallest absolute Gasteiger partial charge is 0.321 e. The van der Waals surface area contributed by atoms with Crippen LogP contribution in [0.4, 0.5) is 16.2 Å². The minimum absolute atomic E-state index is 0.000728.